The van der Waals surface area contributed by atoms with E-state index < -0.39 is 21.6 Å². The maximum Gasteiger partial charge on any atom is 0.243 e. The van der Waals surface area contributed by atoms with Gasteiger partial charge in [-0.15, -0.1) is 0 Å². The summed E-state index contributed by atoms with van der Waals surface area (Å²) in [7, 11) is -3.58. The molecule has 0 bridgehead atoms. The minimum absolute atomic E-state index is 0.0399. The fourth-order valence-electron chi connectivity index (χ4n) is 4.21. The summed E-state index contributed by atoms with van der Waals surface area (Å²) in [6.45, 7) is 11.5. The van der Waals surface area contributed by atoms with Crippen molar-refractivity contribution in [2.24, 2.45) is 0 Å². The zero-order valence-corrected chi connectivity index (χ0v) is 25.6. The Hall–Kier alpha value is -2.29. The van der Waals surface area contributed by atoms with Crippen LogP contribution in [0.1, 0.15) is 63.6 Å². The van der Waals surface area contributed by atoms with Crippen molar-refractivity contribution in [3.8, 4) is 0 Å². The van der Waals surface area contributed by atoms with E-state index in [1.54, 1.807) is 24.3 Å². The van der Waals surface area contributed by atoms with Gasteiger partial charge in [0, 0.05) is 40.7 Å². The number of rotatable bonds is 11. The third kappa shape index (κ3) is 8.61. The molecule has 2 rings (SSSR count). The highest BCUT2D eigenvalue weighted by atomic mass is 35.5. The minimum atomic E-state index is -3.58. The van der Waals surface area contributed by atoms with E-state index in [9.17, 15) is 18.0 Å². The average Bonchev–Trinajstić information content (AvgIpc) is 2.78. The van der Waals surface area contributed by atoms with Crippen LogP contribution in [-0.2, 0) is 26.2 Å². The van der Waals surface area contributed by atoms with Crippen LogP contribution in [0, 0.1) is 13.8 Å². The van der Waals surface area contributed by atoms with Crippen molar-refractivity contribution in [1.29, 1.82) is 0 Å². The van der Waals surface area contributed by atoms with Crippen LogP contribution < -0.4 is 9.62 Å². The molecule has 0 spiro atoms. The second-order valence-electron chi connectivity index (χ2n) is 10.5. The number of halogens is 2. The molecule has 0 aliphatic rings. The van der Waals surface area contributed by atoms with Gasteiger partial charge < -0.3 is 10.2 Å². The molecular formula is C28H39Cl2N3O4S. The Morgan fingerprint density at radius 3 is 2.13 bits per heavy atom. The van der Waals surface area contributed by atoms with Crippen molar-refractivity contribution in [1.82, 2.24) is 10.2 Å². The molecule has 10 heteroatoms. The number of anilines is 1. The van der Waals surface area contributed by atoms with E-state index in [4.69, 9.17) is 23.2 Å². The standard InChI is InChI=1S/C28H39Cl2N3O4S/c1-8-24(27(35)31-28(4,5)6)32(18-21-22(29)13-10-14-23(21)30)26(34)16-11-17-33(38(7,36)37)25-15-9-12-19(2)20(25)3/h9-10,12-15,24H,8,11,16-18H2,1-7H3,(H,31,35). The van der Waals surface area contributed by atoms with Crippen LogP contribution in [0.25, 0.3) is 0 Å². The molecule has 0 saturated carbocycles. The van der Waals surface area contributed by atoms with Gasteiger partial charge in [-0.25, -0.2) is 8.42 Å². The molecule has 0 fully saturated rings. The summed E-state index contributed by atoms with van der Waals surface area (Å²) in [5.41, 5.74) is 2.51. The molecule has 0 aromatic heterocycles. The van der Waals surface area contributed by atoms with Crippen molar-refractivity contribution in [3.05, 3.63) is 63.1 Å². The number of nitrogens with zero attached hydrogens (tertiary/aromatic N) is 2. The van der Waals surface area contributed by atoms with Crippen LogP contribution in [0.2, 0.25) is 10.0 Å². The van der Waals surface area contributed by atoms with Gasteiger partial charge >= 0.3 is 0 Å². The Balaban J connectivity index is 2.33. The van der Waals surface area contributed by atoms with E-state index in [-0.39, 0.29) is 37.7 Å². The summed E-state index contributed by atoms with van der Waals surface area (Å²) in [4.78, 5) is 28.3. The van der Waals surface area contributed by atoms with Crippen molar-refractivity contribution in [2.45, 2.75) is 78.9 Å². The van der Waals surface area contributed by atoms with Gasteiger partial charge in [-0.05, 0) is 76.8 Å². The lowest BCUT2D eigenvalue weighted by atomic mass is 10.0. The number of nitrogens with one attached hydrogen (secondary N) is 1. The Kier molecular flexibility index (Phi) is 11.1. The van der Waals surface area contributed by atoms with Crippen LogP contribution in [0.15, 0.2) is 36.4 Å². The minimum Gasteiger partial charge on any atom is -0.350 e. The zero-order chi connectivity index (χ0) is 28.8. The highest BCUT2D eigenvalue weighted by Gasteiger charge is 2.31. The first-order valence-corrected chi connectivity index (χ1v) is 15.3. The molecule has 0 radical (unpaired) electrons. The lowest BCUT2D eigenvalue weighted by Crippen LogP contribution is -2.53. The van der Waals surface area contributed by atoms with Gasteiger partial charge in [0.25, 0.3) is 0 Å². The average molecular weight is 585 g/mol. The molecule has 2 amide bonds. The van der Waals surface area contributed by atoms with Gasteiger partial charge in [0.2, 0.25) is 21.8 Å². The molecule has 38 heavy (non-hydrogen) atoms. The zero-order valence-electron chi connectivity index (χ0n) is 23.3. The van der Waals surface area contributed by atoms with Gasteiger partial charge in [0.1, 0.15) is 6.04 Å². The second kappa shape index (κ2) is 13.2. The molecule has 210 valence electrons. The molecule has 2 aromatic carbocycles. The van der Waals surface area contributed by atoms with Gasteiger partial charge in [0.05, 0.1) is 11.9 Å². The SMILES string of the molecule is CCC(C(=O)NC(C)(C)C)N(Cc1c(Cl)cccc1Cl)C(=O)CCCN(c1cccc(C)c1C)S(C)(=O)=O. The molecule has 1 N–H and O–H groups in total. The third-order valence-electron chi connectivity index (χ3n) is 6.27. The highest BCUT2D eigenvalue weighted by molar-refractivity contribution is 7.92. The maximum atomic E-state index is 13.6. The first-order valence-electron chi connectivity index (χ1n) is 12.6. The van der Waals surface area contributed by atoms with Crippen LogP contribution in [-0.4, -0.2) is 49.5 Å². The van der Waals surface area contributed by atoms with E-state index in [0.717, 1.165) is 17.4 Å². The van der Waals surface area contributed by atoms with E-state index in [1.807, 2.05) is 53.7 Å². The van der Waals surface area contributed by atoms with Crippen LogP contribution in [0.3, 0.4) is 0 Å². The number of hydrogen-bond donors (Lipinski definition) is 1. The van der Waals surface area contributed by atoms with Gasteiger partial charge in [-0.3, -0.25) is 13.9 Å². The van der Waals surface area contributed by atoms with Crippen LogP contribution in [0.5, 0.6) is 0 Å². The number of benzene rings is 2. The molecule has 0 aliphatic heterocycles. The Morgan fingerprint density at radius 1 is 1.03 bits per heavy atom. The molecule has 0 aliphatic carbocycles. The Bertz CT molecular complexity index is 1240. The quantitative estimate of drug-likeness (QED) is 0.358. The number of aryl methyl sites for hydroxylation is 1. The summed E-state index contributed by atoms with van der Waals surface area (Å²) in [5, 5.41) is 3.77. The Labute approximate surface area is 237 Å². The molecule has 0 heterocycles. The predicted octanol–water partition coefficient (Wildman–Crippen LogP) is 5.88. The lowest BCUT2D eigenvalue weighted by molar-refractivity contribution is -0.142. The van der Waals surface area contributed by atoms with Crippen LogP contribution >= 0.6 is 23.2 Å². The highest BCUT2D eigenvalue weighted by Crippen LogP contribution is 2.28. The first kappa shape index (κ1) is 31.9. The monoisotopic (exact) mass is 583 g/mol. The van der Waals surface area contributed by atoms with Crippen molar-refractivity contribution in [2.75, 3.05) is 17.1 Å². The molecule has 1 atom stereocenters. The van der Waals surface area contributed by atoms with Crippen molar-refractivity contribution >= 4 is 50.7 Å². The largest absolute Gasteiger partial charge is 0.350 e. The predicted molar refractivity (Wildman–Crippen MR) is 156 cm³/mol. The summed E-state index contributed by atoms with van der Waals surface area (Å²) in [6.07, 6.45) is 1.85. The number of sulfonamides is 1. The summed E-state index contributed by atoms with van der Waals surface area (Å²) in [6, 6.07) is 9.85. The van der Waals surface area contributed by atoms with Crippen molar-refractivity contribution in [3.63, 3.8) is 0 Å². The fourth-order valence-corrected chi connectivity index (χ4v) is 5.75. The molecule has 0 saturated heterocycles. The topological polar surface area (TPSA) is 86.8 Å². The van der Waals surface area contributed by atoms with E-state index in [2.05, 4.69) is 5.32 Å². The fraction of sp³-hybridized carbons (Fsp3) is 0.500. The number of carbonyl (C=O) groups excluding carboxylic acids is 2. The summed E-state index contributed by atoms with van der Waals surface area (Å²) < 4.78 is 26.6. The molecular weight excluding hydrogens is 545 g/mol. The molecule has 7 nitrogen and oxygen atoms in total. The smallest absolute Gasteiger partial charge is 0.243 e. The maximum absolute atomic E-state index is 13.6. The van der Waals surface area contributed by atoms with Gasteiger partial charge in [-0.2, -0.15) is 0 Å². The van der Waals surface area contributed by atoms with E-state index >= 15 is 0 Å². The Morgan fingerprint density at radius 2 is 1.61 bits per heavy atom. The van der Waals surface area contributed by atoms with Crippen LogP contribution in [0.4, 0.5) is 5.69 Å². The first-order chi connectivity index (χ1) is 17.6. The van der Waals surface area contributed by atoms with Gasteiger partial charge in [0.15, 0.2) is 0 Å². The summed E-state index contributed by atoms with van der Waals surface area (Å²) >= 11 is 12.8. The number of amides is 2. The second-order valence-corrected chi connectivity index (χ2v) is 13.3. The number of hydrogen-bond acceptors (Lipinski definition) is 4. The van der Waals surface area contributed by atoms with Gasteiger partial charge in [-0.1, -0.05) is 48.3 Å². The molecule has 1 unspecified atom stereocenters. The summed E-state index contributed by atoms with van der Waals surface area (Å²) in [5.74, 6) is -0.559. The normalized spacial score (nSPS) is 12.7. The van der Waals surface area contributed by atoms with E-state index in [1.165, 1.54) is 9.21 Å². The molecule has 2 aromatic rings. The third-order valence-corrected chi connectivity index (χ3v) is 8.16. The number of carbonyl (C=O) groups is 2. The lowest BCUT2D eigenvalue weighted by Gasteiger charge is -2.33. The van der Waals surface area contributed by atoms with Crippen molar-refractivity contribution < 1.29 is 18.0 Å². The van der Waals surface area contributed by atoms with E-state index in [0.29, 0.717) is 27.7 Å².